The molecule has 0 bridgehead atoms. The predicted molar refractivity (Wildman–Crippen MR) is 107 cm³/mol. The second-order valence-electron chi connectivity index (χ2n) is 7.40. The first-order chi connectivity index (χ1) is 13.9. The number of aromatic hydroxyl groups is 1. The SMILES string of the molecule is CCCCOc1c(O)ccc2cc(C(=O)OC3(C(N)=O)CCCCC3)c(=O)[nH]c12. The first-order valence-corrected chi connectivity index (χ1v) is 9.93. The number of amides is 1. The number of aromatic amines is 1. The van der Waals surface area contributed by atoms with E-state index in [1.165, 1.54) is 12.1 Å². The number of phenolic OH excluding ortho intramolecular Hbond substituents is 1. The van der Waals surface area contributed by atoms with Gasteiger partial charge in [-0.05, 0) is 50.3 Å². The van der Waals surface area contributed by atoms with Crippen molar-refractivity contribution < 1.29 is 24.2 Å². The fourth-order valence-corrected chi connectivity index (χ4v) is 3.61. The quantitative estimate of drug-likeness (QED) is 0.482. The standard InChI is InChI=1S/C21H26N2O6/c1-2-3-11-28-17-15(24)8-7-13-12-14(18(25)23-16(13)17)19(26)29-21(20(22)27)9-5-4-6-10-21/h7-8,12,24H,2-6,9-11H2,1H3,(H2,22,27)(H,23,25). The molecule has 1 heterocycles. The van der Waals surface area contributed by atoms with E-state index in [0.29, 0.717) is 30.4 Å². The molecule has 0 spiro atoms. The Morgan fingerprint density at radius 3 is 2.62 bits per heavy atom. The number of H-pyrrole nitrogens is 1. The summed E-state index contributed by atoms with van der Waals surface area (Å²) in [6.45, 7) is 2.40. The number of phenols is 1. The van der Waals surface area contributed by atoms with Crippen LogP contribution < -0.4 is 16.0 Å². The van der Waals surface area contributed by atoms with Gasteiger partial charge in [-0.15, -0.1) is 0 Å². The van der Waals surface area contributed by atoms with E-state index in [4.69, 9.17) is 15.2 Å². The maximum absolute atomic E-state index is 12.7. The average Bonchev–Trinajstić information content (AvgIpc) is 2.70. The number of aromatic nitrogens is 1. The summed E-state index contributed by atoms with van der Waals surface area (Å²) in [5.41, 5.74) is 3.51. The van der Waals surface area contributed by atoms with Gasteiger partial charge in [0.25, 0.3) is 11.5 Å². The van der Waals surface area contributed by atoms with Gasteiger partial charge in [-0.2, -0.15) is 0 Å². The Hall–Kier alpha value is -3.03. The molecule has 156 valence electrons. The first kappa shape index (κ1) is 20.7. The largest absolute Gasteiger partial charge is 0.504 e. The van der Waals surface area contributed by atoms with E-state index in [1.807, 2.05) is 6.92 Å². The van der Waals surface area contributed by atoms with E-state index >= 15 is 0 Å². The summed E-state index contributed by atoms with van der Waals surface area (Å²) in [5, 5.41) is 10.6. The minimum Gasteiger partial charge on any atom is -0.504 e. The van der Waals surface area contributed by atoms with E-state index in [2.05, 4.69) is 4.98 Å². The summed E-state index contributed by atoms with van der Waals surface area (Å²) in [5.74, 6) is -1.53. The minimum absolute atomic E-state index is 0.102. The summed E-state index contributed by atoms with van der Waals surface area (Å²) in [4.78, 5) is 39.9. The van der Waals surface area contributed by atoms with Gasteiger partial charge < -0.3 is 25.3 Å². The van der Waals surface area contributed by atoms with Crippen LogP contribution in [0.2, 0.25) is 0 Å². The van der Waals surface area contributed by atoms with Gasteiger partial charge in [0.2, 0.25) is 0 Å². The van der Waals surface area contributed by atoms with Crippen LogP contribution in [0.3, 0.4) is 0 Å². The number of benzene rings is 1. The minimum atomic E-state index is -1.37. The van der Waals surface area contributed by atoms with Crippen LogP contribution in [-0.2, 0) is 9.53 Å². The normalized spacial score (nSPS) is 15.8. The highest BCUT2D eigenvalue weighted by Crippen LogP contribution is 2.34. The monoisotopic (exact) mass is 402 g/mol. The molecule has 29 heavy (non-hydrogen) atoms. The number of hydrogen-bond donors (Lipinski definition) is 3. The van der Waals surface area contributed by atoms with Crippen molar-refractivity contribution >= 4 is 22.8 Å². The third-order valence-corrected chi connectivity index (χ3v) is 5.31. The zero-order valence-electron chi connectivity index (χ0n) is 16.5. The molecule has 1 amide bonds. The molecule has 0 radical (unpaired) electrons. The van der Waals surface area contributed by atoms with Gasteiger partial charge in [-0.1, -0.05) is 19.8 Å². The van der Waals surface area contributed by atoms with Crippen molar-refractivity contribution in [3.8, 4) is 11.5 Å². The van der Waals surface area contributed by atoms with E-state index in [-0.39, 0.29) is 17.1 Å². The fourth-order valence-electron chi connectivity index (χ4n) is 3.61. The number of hydrogen-bond acceptors (Lipinski definition) is 6. The molecule has 1 aromatic heterocycles. The maximum Gasteiger partial charge on any atom is 0.344 e. The van der Waals surface area contributed by atoms with Crippen molar-refractivity contribution in [3.63, 3.8) is 0 Å². The zero-order valence-corrected chi connectivity index (χ0v) is 16.5. The van der Waals surface area contributed by atoms with Crippen molar-refractivity contribution in [2.24, 2.45) is 5.73 Å². The second kappa shape index (κ2) is 8.55. The molecule has 1 saturated carbocycles. The number of carbonyl (C=O) groups is 2. The summed E-state index contributed by atoms with van der Waals surface area (Å²) in [6.07, 6.45) is 4.79. The topological polar surface area (TPSA) is 132 Å². The number of carbonyl (C=O) groups excluding carboxylic acids is 2. The zero-order chi connectivity index (χ0) is 21.0. The number of esters is 1. The van der Waals surface area contributed by atoms with Gasteiger partial charge in [-0.25, -0.2) is 4.79 Å². The van der Waals surface area contributed by atoms with E-state index in [0.717, 1.165) is 32.1 Å². The lowest BCUT2D eigenvalue weighted by Gasteiger charge is -2.33. The average molecular weight is 402 g/mol. The van der Waals surface area contributed by atoms with Crippen LogP contribution in [0.5, 0.6) is 11.5 Å². The summed E-state index contributed by atoms with van der Waals surface area (Å²) in [7, 11) is 0. The number of nitrogens with one attached hydrogen (secondary N) is 1. The Balaban J connectivity index is 1.95. The molecule has 4 N–H and O–H groups in total. The maximum atomic E-state index is 12.7. The van der Waals surface area contributed by atoms with Gasteiger partial charge in [0.15, 0.2) is 17.1 Å². The first-order valence-electron chi connectivity index (χ1n) is 9.93. The second-order valence-corrected chi connectivity index (χ2v) is 7.40. The summed E-state index contributed by atoms with van der Waals surface area (Å²) in [6, 6.07) is 4.37. The molecule has 0 atom stereocenters. The molecule has 1 fully saturated rings. The predicted octanol–water partition coefficient (Wildman–Crippen LogP) is 2.76. The van der Waals surface area contributed by atoms with Crippen LogP contribution >= 0.6 is 0 Å². The van der Waals surface area contributed by atoms with E-state index in [1.54, 1.807) is 6.07 Å². The Labute approximate surface area is 168 Å². The number of nitrogens with two attached hydrogens (primary N) is 1. The molecule has 8 heteroatoms. The van der Waals surface area contributed by atoms with E-state index in [9.17, 15) is 19.5 Å². The molecule has 1 aromatic carbocycles. The van der Waals surface area contributed by atoms with Gasteiger partial charge in [0.1, 0.15) is 5.56 Å². The number of pyridine rings is 1. The van der Waals surface area contributed by atoms with Crippen molar-refractivity contribution in [1.82, 2.24) is 4.98 Å². The molecule has 2 aromatic rings. The van der Waals surface area contributed by atoms with Crippen LogP contribution in [-0.4, -0.2) is 34.2 Å². The Bertz CT molecular complexity index is 975. The molecule has 1 aliphatic carbocycles. The fraction of sp³-hybridized carbons (Fsp3) is 0.476. The molecule has 3 rings (SSSR count). The van der Waals surface area contributed by atoms with Crippen LogP contribution in [0.4, 0.5) is 0 Å². The van der Waals surface area contributed by atoms with Crippen molar-refractivity contribution in [3.05, 3.63) is 34.1 Å². The smallest absolute Gasteiger partial charge is 0.344 e. The third kappa shape index (κ3) is 4.21. The van der Waals surface area contributed by atoms with Crippen LogP contribution in [0, 0.1) is 0 Å². The molecular formula is C21H26N2O6. The molecule has 0 saturated heterocycles. The highest BCUT2D eigenvalue weighted by atomic mass is 16.6. The molecule has 1 aliphatic rings. The third-order valence-electron chi connectivity index (χ3n) is 5.31. The van der Waals surface area contributed by atoms with Crippen LogP contribution in [0.1, 0.15) is 62.2 Å². The number of ether oxygens (including phenoxy) is 2. The lowest BCUT2D eigenvalue weighted by atomic mass is 9.84. The number of rotatable bonds is 7. The molecular weight excluding hydrogens is 376 g/mol. The highest BCUT2D eigenvalue weighted by molar-refractivity contribution is 5.97. The Kier molecular flexibility index (Phi) is 6.10. The van der Waals surface area contributed by atoms with Crippen molar-refractivity contribution in [1.29, 1.82) is 0 Å². The summed E-state index contributed by atoms with van der Waals surface area (Å²) < 4.78 is 11.1. The molecule has 0 unspecified atom stereocenters. The van der Waals surface area contributed by atoms with Gasteiger partial charge in [0, 0.05) is 5.39 Å². The molecule has 8 nitrogen and oxygen atoms in total. The number of primary amides is 1. The van der Waals surface area contributed by atoms with Crippen LogP contribution in [0.25, 0.3) is 10.9 Å². The number of unbranched alkanes of at least 4 members (excludes halogenated alkanes) is 1. The highest BCUT2D eigenvalue weighted by Gasteiger charge is 2.42. The van der Waals surface area contributed by atoms with Gasteiger partial charge in [-0.3, -0.25) is 9.59 Å². The van der Waals surface area contributed by atoms with Crippen molar-refractivity contribution in [2.75, 3.05) is 6.61 Å². The Morgan fingerprint density at radius 2 is 1.97 bits per heavy atom. The number of fused-ring (bicyclic) bond motifs is 1. The van der Waals surface area contributed by atoms with Gasteiger partial charge in [0.05, 0.1) is 12.1 Å². The van der Waals surface area contributed by atoms with Crippen LogP contribution in [0.15, 0.2) is 23.0 Å². The molecule has 0 aliphatic heterocycles. The summed E-state index contributed by atoms with van der Waals surface area (Å²) >= 11 is 0. The lowest BCUT2D eigenvalue weighted by molar-refractivity contribution is -0.140. The van der Waals surface area contributed by atoms with Crippen molar-refractivity contribution in [2.45, 2.75) is 57.5 Å². The van der Waals surface area contributed by atoms with Gasteiger partial charge >= 0.3 is 5.97 Å². The lowest BCUT2D eigenvalue weighted by Crippen LogP contribution is -2.49. The Morgan fingerprint density at radius 1 is 1.24 bits per heavy atom. The van der Waals surface area contributed by atoms with E-state index < -0.39 is 23.0 Å².